The van der Waals surface area contributed by atoms with E-state index in [1.54, 1.807) is 0 Å². The zero-order chi connectivity index (χ0) is 12.8. The van der Waals surface area contributed by atoms with Crippen molar-refractivity contribution < 1.29 is 0 Å². The minimum atomic E-state index is 0.555. The molecule has 0 amide bonds. The first-order valence-corrected chi connectivity index (χ1v) is 8.13. The second-order valence-electron chi connectivity index (χ2n) is 5.58. The van der Waals surface area contributed by atoms with Crippen LogP contribution in [0.4, 0.5) is 0 Å². The summed E-state index contributed by atoms with van der Waals surface area (Å²) < 4.78 is 0. The van der Waals surface area contributed by atoms with Gasteiger partial charge in [0.2, 0.25) is 0 Å². The van der Waals surface area contributed by atoms with Crippen molar-refractivity contribution in [1.29, 1.82) is 0 Å². The Labute approximate surface area is 114 Å². The van der Waals surface area contributed by atoms with Gasteiger partial charge in [0.05, 0.1) is 0 Å². The number of nitrogens with one attached hydrogen (secondary N) is 1. The second kappa shape index (κ2) is 7.19. The molecule has 0 radical (unpaired) electrons. The normalized spacial score (nSPS) is 18.2. The van der Waals surface area contributed by atoms with E-state index in [0.717, 1.165) is 13.0 Å². The molecule has 0 bridgehead atoms. The third-order valence-corrected chi connectivity index (χ3v) is 4.72. The van der Waals surface area contributed by atoms with Gasteiger partial charge < -0.3 is 5.32 Å². The van der Waals surface area contributed by atoms with Crippen LogP contribution >= 0.6 is 11.3 Å². The van der Waals surface area contributed by atoms with E-state index in [1.807, 2.05) is 11.3 Å². The number of rotatable bonds is 5. The molecule has 4 heteroatoms. The van der Waals surface area contributed by atoms with E-state index < -0.39 is 0 Å². The Balaban J connectivity index is 1.84. The number of aromatic nitrogens is 2. The van der Waals surface area contributed by atoms with Crippen molar-refractivity contribution in [2.24, 2.45) is 0 Å². The summed E-state index contributed by atoms with van der Waals surface area (Å²) >= 11 is 1.84. The molecule has 0 spiro atoms. The molecule has 0 saturated heterocycles. The van der Waals surface area contributed by atoms with E-state index in [0.29, 0.717) is 12.0 Å². The molecule has 102 valence electrons. The third-order valence-electron chi connectivity index (χ3n) is 3.58. The Hall–Kier alpha value is -0.480. The standard InChI is InChI=1S/C14H25N3S/c1-11(2)15-10-9-13-16-17-14(18-13)12-7-5-3-4-6-8-12/h11-12,15H,3-10H2,1-2H3. The van der Waals surface area contributed by atoms with Crippen molar-refractivity contribution in [3.63, 3.8) is 0 Å². The lowest BCUT2D eigenvalue weighted by atomic mass is 10.0. The molecule has 1 aromatic rings. The number of nitrogens with zero attached hydrogens (tertiary/aromatic N) is 2. The van der Waals surface area contributed by atoms with Crippen LogP contribution in [0.5, 0.6) is 0 Å². The van der Waals surface area contributed by atoms with Gasteiger partial charge in [0, 0.05) is 24.9 Å². The highest BCUT2D eigenvalue weighted by Crippen LogP contribution is 2.33. The van der Waals surface area contributed by atoms with Gasteiger partial charge in [0.1, 0.15) is 10.0 Å². The summed E-state index contributed by atoms with van der Waals surface area (Å²) in [6.45, 7) is 5.37. The topological polar surface area (TPSA) is 37.8 Å². The highest BCUT2D eigenvalue weighted by atomic mass is 32.1. The summed E-state index contributed by atoms with van der Waals surface area (Å²) in [7, 11) is 0. The maximum atomic E-state index is 4.42. The average Bonchev–Trinajstić information content (AvgIpc) is 2.63. The molecule has 2 rings (SSSR count). The van der Waals surface area contributed by atoms with Gasteiger partial charge >= 0.3 is 0 Å². The first-order chi connectivity index (χ1) is 8.75. The molecule has 1 heterocycles. The van der Waals surface area contributed by atoms with E-state index in [1.165, 1.54) is 48.5 Å². The SMILES string of the molecule is CC(C)NCCc1nnc(C2CCCCCC2)s1. The van der Waals surface area contributed by atoms with Crippen molar-refractivity contribution in [3.8, 4) is 0 Å². The van der Waals surface area contributed by atoms with Crippen LogP contribution in [-0.2, 0) is 6.42 Å². The van der Waals surface area contributed by atoms with Crippen molar-refractivity contribution in [2.45, 2.75) is 70.8 Å². The maximum absolute atomic E-state index is 4.42. The van der Waals surface area contributed by atoms with Crippen molar-refractivity contribution in [2.75, 3.05) is 6.54 Å². The minimum absolute atomic E-state index is 0.555. The average molecular weight is 267 g/mol. The largest absolute Gasteiger partial charge is 0.314 e. The summed E-state index contributed by atoms with van der Waals surface area (Å²) in [5.41, 5.74) is 0. The second-order valence-corrected chi connectivity index (χ2v) is 6.68. The molecule has 18 heavy (non-hydrogen) atoms. The highest BCUT2D eigenvalue weighted by molar-refractivity contribution is 7.11. The quantitative estimate of drug-likeness (QED) is 0.830. The highest BCUT2D eigenvalue weighted by Gasteiger charge is 2.18. The molecule has 1 aliphatic carbocycles. The molecule has 3 nitrogen and oxygen atoms in total. The van der Waals surface area contributed by atoms with Gasteiger partial charge in [0.25, 0.3) is 0 Å². The van der Waals surface area contributed by atoms with Crippen molar-refractivity contribution in [1.82, 2.24) is 15.5 Å². The van der Waals surface area contributed by atoms with Gasteiger partial charge in [0.15, 0.2) is 0 Å². The zero-order valence-electron chi connectivity index (χ0n) is 11.6. The van der Waals surface area contributed by atoms with Crippen LogP contribution < -0.4 is 5.32 Å². The Morgan fingerprint density at radius 1 is 1.17 bits per heavy atom. The minimum Gasteiger partial charge on any atom is -0.314 e. The molecule has 0 unspecified atom stereocenters. The van der Waals surface area contributed by atoms with Crippen LogP contribution in [0.2, 0.25) is 0 Å². The van der Waals surface area contributed by atoms with Gasteiger partial charge in [-0.3, -0.25) is 0 Å². The van der Waals surface area contributed by atoms with Gasteiger partial charge in [-0.15, -0.1) is 21.5 Å². The Kier molecular flexibility index (Phi) is 5.57. The summed E-state index contributed by atoms with van der Waals surface area (Å²) in [6.07, 6.45) is 9.20. The fourth-order valence-electron chi connectivity index (χ4n) is 2.53. The first-order valence-electron chi connectivity index (χ1n) is 7.31. The summed E-state index contributed by atoms with van der Waals surface area (Å²) in [4.78, 5) is 0. The van der Waals surface area contributed by atoms with Crippen LogP contribution in [0.25, 0.3) is 0 Å². The zero-order valence-corrected chi connectivity index (χ0v) is 12.4. The monoisotopic (exact) mass is 267 g/mol. The predicted octanol–water partition coefficient (Wildman–Crippen LogP) is 3.52. The van der Waals surface area contributed by atoms with Crippen LogP contribution in [-0.4, -0.2) is 22.8 Å². The molecule has 0 aromatic carbocycles. The van der Waals surface area contributed by atoms with Gasteiger partial charge in [-0.1, -0.05) is 39.5 Å². The molecule has 1 saturated carbocycles. The van der Waals surface area contributed by atoms with E-state index in [4.69, 9.17) is 0 Å². The fourth-order valence-corrected chi connectivity index (χ4v) is 3.54. The lowest BCUT2D eigenvalue weighted by Gasteiger charge is -2.08. The molecule has 1 aromatic heterocycles. The van der Waals surface area contributed by atoms with E-state index in [-0.39, 0.29) is 0 Å². The summed E-state index contributed by atoms with van der Waals surface area (Å²) in [6, 6.07) is 0.555. The van der Waals surface area contributed by atoms with Gasteiger partial charge in [-0.2, -0.15) is 0 Å². The fraction of sp³-hybridized carbons (Fsp3) is 0.857. The van der Waals surface area contributed by atoms with Crippen LogP contribution in [0.1, 0.15) is 68.3 Å². The van der Waals surface area contributed by atoms with Gasteiger partial charge in [-0.25, -0.2) is 0 Å². The lowest BCUT2D eigenvalue weighted by molar-refractivity contribution is 0.581. The Morgan fingerprint density at radius 3 is 2.56 bits per heavy atom. The maximum Gasteiger partial charge on any atom is 0.120 e. The Morgan fingerprint density at radius 2 is 1.89 bits per heavy atom. The van der Waals surface area contributed by atoms with Crippen molar-refractivity contribution in [3.05, 3.63) is 10.0 Å². The molecule has 1 aliphatic rings. The third kappa shape index (κ3) is 4.32. The van der Waals surface area contributed by atoms with E-state index >= 15 is 0 Å². The molecular weight excluding hydrogens is 242 g/mol. The summed E-state index contributed by atoms with van der Waals surface area (Å²) in [5, 5.41) is 14.7. The summed E-state index contributed by atoms with van der Waals surface area (Å²) in [5.74, 6) is 0.691. The molecule has 1 N–H and O–H groups in total. The number of hydrogen-bond donors (Lipinski definition) is 1. The number of hydrogen-bond acceptors (Lipinski definition) is 4. The molecule has 0 atom stereocenters. The molecule has 0 aliphatic heterocycles. The van der Waals surface area contributed by atoms with Crippen LogP contribution in [0.15, 0.2) is 0 Å². The predicted molar refractivity (Wildman–Crippen MR) is 77.2 cm³/mol. The van der Waals surface area contributed by atoms with E-state index in [9.17, 15) is 0 Å². The van der Waals surface area contributed by atoms with Crippen LogP contribution in [0, 0.1) is 0 Å². The first kappa shape index (κ1) is 13.9. The van der Waals surface area contributed by atoms with Crippen LogP contribution in [0.3, 0.4) is 0 Å². The van der Waals surface area contributed by atoms with E-state index in [2.05, 4.69) is 29.4 Å². The smallest absolute Gasteiger partial charge is 0.120 e. The lowest BCUT2D eigenvalue weighted by Crippen LogP contribution is -2.24. The Bertz CT molecular complexity index is 341. The van der Waals surface area contributed by atoms with Gasteiger partial charge in [-0.05, 0) is 12.8 Å². The molecular formula is C14H25N3S. The van der Waals surface area contributed by atoms with Crippen molar-refractivity contribution >= 4 is 11.3 Å². The molecule has 1 fully saturated rings.